The summed E-state index contributed by atoms with van der Waals surface area (Å²) in [5.74, 6) is 1.01. The van der Waals surface area contributed by atoms with Crippen molar-refractivity contribution in [2.24, 2.45) is 0 Å². The molecule has 6 heteroatoms. The van der Waals surface area contributed by atoms with E-state index in [-0.39, 0.29) is 12.0 Å². The Balaban J connectivity index is 1.63. The Morgan fingerprint density at radius 1 is 1.22 bits per heavy atom. The van der Waals surface area contributed by atoms with Crippen LogP contribution in [0.15, 0.2) is 36.5 Å². The molecule has 1 aliphatic rings. The predicted molar refractivity (Wildman–Crippen MR) is 88.8 cm³/mol. The third kappa shape index (κ3) is 4.42. The van der Waals surface area contributed by atoms with E-state index in [4.69, 9.17) is 4.74 Å². The molecule has 2 aromatic rings. The maximum absolute atomic E-state index is 12.3. The van der Waals surface area contributed by atoms with E-state index in [1.54, 1.807) is 24.4 Å². The van der Waals surface area contributed by atoms with E-state index in [0.29, 0.717) is 23.4 Å². The van der Waals surface area contributed by atoms with Crippen LogP contribution in [0.5, 0.6) is 5.75 Å². The summed E-state index contributed by atoms with van der Waals surface area (Å²) >= 11 is 0. The van der Waals surface area contributed by atoms with Crippen molar-refractivity contribution < 1.29 is 9.53 Å². The highest BCUT2D eigenvalue weighted by Crippen LogP contribution is 2.23. The highest BCUT2D eigenvalue weighted by Gasteiger charge is 2.22. The molecular weight excluding hydrogens is 292 g/mol. The van der Waals surface area contributed by atoms with Crippen LogP contribution in [0.1, 0.15) is 37.2 Å². The second-order valence-electron chi connectivity index (χ2n) is 5.83. The maximum atomic E-state index is 12.3. The molecule has 120 valence electrons. The number of rotatable bonds is 6. The van der Waals surface area contributed by atoms with Gasteiger partial charge in [0.25, 0.3) is 5.91 Å². The zero-order valence-corrected chi connectivity index (χ0v) is 13.2. The number of hydrogen-bond acceptors (Lipinski definition) is 5. The van der Waals surface area contributed by atoms with Crippen LogP contribution in [0, 0.1) is 0 Å². The molecule has 1 saturated carbocycles. The SMILES string of the molecule is CC(C)Oc1ccc(NC(=O)c2ccnc(NC3CC3)n2)cc1. The molecule has 1 heterocycles. The molecule has 0 unspecified atom stereocenters. The fourth-order valence-corrected chi connectivity index (χ4v) is 2.05. The van der Waals surface area contributed by atoms with Crippen LogP contribution >= 0.6 is 0 Å². The molecule has 0 spiro atoms. The summed E-state index contributed by atoms with van der Waals surface area (Å²) in [5, 5.41) is 6.00. The lowest BCUT2D eigenvalue weighted by atomic mass is 10.3. The second-order valence-corrected chi connectivity index (χ2v) is 5.83. The summed E-state index contributed by atoms with van der Waals surface area (Å²) in [5.41, 5.74) is 1.03. The first-order chi connectivity index (χ1) is 11.1. The normalized spacial score (nSPS) is 13.7. The Morgan fingerprint density at radius 3 is 2.61 bits per heavy atom. The molecule has 6 nitrogen and oxygen atoms in total. The number of hydrogen-bond donors (Lipinski definition) is 2. The Morgan fingerprint density at radius 2 is 1.96 bits per heavy atom. The van der Waals surface area contributed by atoms with Gasteiger partial charge in [-0.1, -0.05) is 0 Å². The smallest absolute Gasteiger partial charge is 0.274 e. The number of amides is 1. The average molecular weight is 312 g/mol. The van der Waals surface area contributed by atoms with Crippen LogP contribution in [0.2, 0.25) is 0 Å². The van der Waals surface area contributed by atoms with Gasteiger partial charge in [0.15, 0.2) is 0 Å². The Labute approximate surface area is 135 Å². The van der Waals surface area contributed by atoms with Crippen LogP contribution in [0.3, 0.4) is 0 Å². The number of carbonyl (C=O) groups is 1. The van der Waals surface area contributed by atoms with Crippen molar-refractivity contribution in [3.63, 3.8) is 0 Å². The van der Waals surface area contributed by atoms with E-state index in [0.717, 1.165) is 18.6 Å². The zero-order chi connectivity index (χ0) is 16.2. The van der Waals surface area contributed by atoms with Gasteiger partial charge in [0.2, 0.25) is 5.95 Å². The zero-order valence-electron chi connectivity index (χ0n) is 13.2. The van der Waals surface area contributed by atoms with Gasteiger partial charge in [-0.15, -0.1) is 0 Å². The third-order valence-electron chi connectivity index (χ3n) is 3.28. The van der Waals surface area contributed by atoms with Crippen LogP contribution in [-0.4, -0.2) is 28.0 Å². The number of anilines is 2. The van der Waals surface area contributed by atoms with Gasteiger partial charge in [-0.3, -0.25) is 4.79 Å². The summed E-state index contributed by atoms with van der Waals surface area (Å²) in [6.45, 7) is 3.94. The summed E-state index contributed by atoms with van der Waals surface area (Å²) in [6, 6.07) is 9.32. The number of aromatic nitrogens is 2. The number of nitrogens with zero attached hydrogens (tertiary/aromatic N) is 2. The van der Waals surface area contributed by atoms with Crippen LogP contribution < -0.4 is 15.4 Å². The van der Waals surface area contributed by atoms with Gasteiger partial charge < -0.3 is 15.4 Å². The number of nitrogens with one attached hydrogen (secondary N) is 2. The minimum atomic E-state index is -0.260. The molecule has 0 bridgehead atoms. The first-order valence-corrected chi connectivity index (χ1v) is 7.78. The molecular formula is C17H20N4O2. The molecule has 3 rings (SSSR count). The van der Waals surface area contributed by atoms with Gasteiger partial charge >= 0.3 is 0 Å². The lowest BCUT2D eigenvalue weighted by Crippen LogP contribution is -2.15. The fourth-order valence-electron chi connectivity index (χ4n) is 2.05. The van der Waals surface area contributed by atoms with Gasteiger partial charge in [0.05, 0.1) is 6.10 Å². The Hall–Kier alpha value is -2.63. The van der Waals surface area contributed by atoms with E-state index < -0.39 is 0 Å². The van der Waals surface area contributed by atoms with Crippen LogP contribution in [-0.2, 0) is 0 Å². The summed E-state index contributed by atoms with van der Waals surface area (Å²) in [4.78, 5) is 20.6. The standard InChI is InChI=1S/C17H20N4O2/c1-11(2)23-14-7-5-12(6-8-14)19-16(22)15-9-10-18-17(21-15)20-13-3-4-13/h5-11,13H,3-4H2,1-2H3,(H,19,22)(H,18,20,21). The molecule has 0 radical (unpaired) electrons. The van der Waals surface area contributed by atoms with E-state index in [9.17, 15) is 4.79 Å². The van der Waals surface area contributed by atoms with Gasteiger partial charge in [-0.25, -0.2) is 9.97 Å². The minimum Gasteiger partial charge on any atom is -0.491 e. The van der Waals surface area contributed by atoms with Gasteiger partial charge in [0, 0.05) is 17.9 Å². The lowest BCUT2D eigenvalue weighted by molar-refractivity contribution is 0.102. The molecule has 1 aliphatic carbocycles. The van der Waals surface area contributed by atoms with Crippen LogP contribution in [0.4, 0.5) is 11.6 Å². The quantitative estimate of drug-likeness (QED) is 0.857. The van der Waals surface area contributed by atoms with E-state index in [1.165, 1.54) is 0 Å². The maximum Gasteiger partial charge on any atom is 0.274 e. The molecule has 0 atom stereocenters. The molecule has 1 amide bonds. The van der Waals surface area contributed by atoms with Crippen molar-refractivity contribution >= 4 is 17.5 Å². The fraction of sp³-hybridized carbons (Fsp3) is 0.353. The van der Waals surface area contributed by atoms with Crippen molar-refractivity contribution in [2.45, 2.75) is 38.8 Å². The number of ether oxygens (including phenoxy) is 1. The largest absolute Gasteiger partial charge is 0.491 e. The molecule has 2 N–H and O–H groups in total. The van der Waals surface area contributed by atoms with Gasteiger partial charge in [-0.05, 0) is 57.0 Å². The highest BCUT2D eigenvalue weighted by molar-refractivity contribution is 6.02. The predicted octanol–water partition coefficient (Wildman–Crippen LogP) is 3.09. The second kappa shape index (κ2) is 6.64. The van der Waals surface area contributed by atoms with E-state index in [1.807, 2.05) is 26.0 Å². The summed E-state index contributed by atoms with van der Waals surface area (Å²) in [6.07, 6.45) is 3.97. The summed E-state index contributed by atoms with van der Waals surface area (Å²) < 4.78 is 5.58. The van der Waals surface area contributed by atoms with Crippen molar-refractivity contribution in [1.82, 2.24) is 9.97 Å². The van der Waals surface area contributed by atoms with Gasteiger partial charge in [-0.2, -0.15) is 0 Å². The summed E-state index contributed by atoms with van der Waals surface area (Å²) in [7, 11) is 0. The molecule has 0 aliphatic heterocycles. The van der Waals surface area contributed by atoms with Crippen molar-refractivity contribution in [2.75, 3.05) is 10.6 Å². The Kier molecular flexibility index (Phi) is 4.41. The Bertz CT molecular complexity index is 681. The van der Waals surface area contributed by atoms with E-state index >= 15 is 0 Å². The molecule has 23 heavy (non-hydrogen) atoms. The first-order valence-electron chi connectivity index (χ1n) is 7.78. The highest BCUT2D eigenvalue weighted by atomic mass is 16.5. The lowest BCUT2D eigenvalue weighted by Gasteiger charge is -2.10. The third-order valence-corrected chi connectivity index (χ3v) is 3.28. The van der Waals surface area contributed by atoms with Crippen molar-refractivity contribution in [3.05, 3.63) is 42.2 Å². The number of carbonyl (C=O) groups excluding carboxylic acids is 1. The first kappa shape index (κ1) is 15.3. The van der Waals surface area contributed by atoms with Gasteiger partial charge in [0.1, 0.15) is 11.4 Å². The number of benzene rings is 1. The van der Waals surface area contributed by atoms with Crippen molar-refractivity contribution in [1.29, 1.82) is 0 Å². The van der Waals surface area contributed by atoms with Crippen LogP contribution in [0.25, 0.3) is 0 Å². The van der Waals surface area contributed by atoms with Crippen molar-refractivity contribution in [3.8, 4) is 5.75 Å². The topological polar surface area (TPSA) is 76.1 Å². The molecule has 1 fully saturated rings. The minimum absolute atomic E-state index is 0.119. The monoisotopic (exact) mass is 312 g/mol. The molecule has 0 saturated heterocycles. The van der Waals surface area contributed by atoms with E-state index in [2.05, 4.69) is 20.6 Å². The average Bonchev–Trinajstić information content (AvgIpc) is 3.33. The molecule has 1 aromatic carbocycles. The molecule has 1 aromatic heterocycles.